The van der Waals surface area contributed by atoms with Crippen LogP contribution < -0.4 is 15.8 Å². The molecule has 1 aliphatic carbocycles. The van der Waals surface area contributed by atoms with E-state index in [0.717, 1.165) is 25.2 Å². The summed E-state index contributed by atoms with van der Waals surface area (Å²) in [5.41, 5.74) is 0.780. The summed E-state index contributed by atoms with van der Waals surface area (Å²) in [5.74, 6) is 0.535. The van der Waals surface area contributed by atoms with Crippen LogP contribution in [0.2, 0.25) is 0 Å². The maximum atomic E-state index is 12.2. The predicted octanol–water partition coefficient (Wildman–Crippen LogP) is 0.597. The molecule has 1 amide bonds. The van der Waals surface area contributed by atoms with E-state index in [9.17, 15) is 9.59 Å². The van der Waals surface area contributed by atoms with Gasteiger partial charge in [0.2, 0.25) is 5.91 Å². The van der Waals surface area contributed by atoms with Gasteiger partial charge < -0.3 is 10.2 Å². The van der Waals surface area contributed by atoms with Gasteiger partial charge in [0.1, 0.15) is 0 Å². The Morgan fingerprint density at radius 2 is 2.12 bits per heavy atom. The van der Waals surface area contributed by atoms with Crippen LogP contribution in [0.1, 0.15) is 32.1 Å². The second-order valence-corrected chi connectivity index (χ2v) is 7.43. The predicted molar refractivity (Wildman–Crippen MR) is 97.7 cm³/mol. The van der Waals surface area contributed by atoms with Gasteiger partial charge in [-0.3, -0.25) is 14.5 Å². The van der Waals surface area contributed by atoms with Crippen molar-refractivity contribution in [1.82, 2.24) is 20.0 Å². The summed E-state index contributed by atoms with van der Waals surface area (Å²) in [7, 11) is 3.70. The van der Waals surface area contributed by atoms with Crippen LogP contribution >= 0.6 is 0 Å². The highest BCUT2D eigenvalue weighted by Crippen LogP contribution is 2.23. The normalized spacial score (nSPS) is 21.2. The molecule has 0 aromatic carbocycles. The molecular weight excluding hydrogens is 318 g/mol. The average molecular weight is 347 g/mol. The second-order valence-electron chi connectivity index (χ2n) is 7.43. The average Bonchev–Trinajstić information content (AvgIpc) is 3.27. The molecule has 138 valence electrons. The van der Waals surface area contributed by atoms with Crippen molar-refractivity contribution >= 4 is 11.6 Å². The fourth-order valence-electron chi connectivity index (χ4n) is 3.88. The highest BCUT2D eigenvalue weighted by atomic mass is 16.2. The molecule has 0 unspecified atom stereocenters. The van der Waals surface area contributed by atoms with Crippen LogP contribution in [-0.2, 0) is 11.8 Å². The number of rotatable bonds is 6. The van der Waals surface area contributed by atoms with E-state index in [-0.39, 0.29) is 11.5 Å². The Balaban J connectivity index is 1.42. The Labute approximate surface area is 149 Å². The Morgan fingerprint density at radius 1 is 1.36 bits per heavy atom. The number of aryl methyl sites for hydroxylation is 1. The first-order valence-corrected chi connectivity index (χ1v) is 9.28. The van der Waals surface area contributed by atoms with Crippen LogP contribution in [0.4, 0.5) is 5.69 Å². The quantitative estimate of drug-likeness (QED) is 0.816. The molecule has 3 rings (SSSR count). The summed E-state index contributed by atoms with van der Waals surface area (Å²) >= 11 is 0. The number of hydrogen-bond donors (Lipinski definition) is 1. The van der Waals surface area contributed by atoms with Gasteiger partial charge in [-0.25, -0.2) is 4.68 Å². The molecule has 7 heteroatoms. The minimum atomic E-state index is -0.0933. The molecule has 2 heterocycles. The number of hydrogen-bond acceptors (Lipinski definition) is 5. The van der Waals surface area contributed by atoms with Crippen molar-refractivity contribution in [2.24, 2.45) is 13.0 Å². The summed E-state index contributed by atoms with van der Waals surface area (Å²) in [5, 5.41) is 7.16. The Hall–Kier alpha value is -1.89. The number of likely N-dealkylation sites (N-methyl/N-ethyl adjacent to an activating group) is 1. The van der Waals surface area contributed by atoms with Crippen molar-refractivity contribution in [2.75, 3.05) is 38.1 Å². The van der Waals surface area contributed by atoms with Crippen molar-refractivity contribution in [3.63, 3.8) is 0 Å². The third kappa shape index (κ3) is 4.60. The van der Waals surface area contributed by atoms with Crippen LogP contribution in [0.3, 0.4) is 0 Å². The standard InChI is InChI=1S/C18H29N5O2/c1-21(15-5-3-4-6-15)13-17(24)19-10-14-7-8-23(12-14)16-9-18(25)22(2)20-11-16/h9,11,14-15H,3-8,10,12-13H2,1-2H3,(H,19,24)/t14-/m1/s1. The lowest BCUT2D eigenvalue weighted by atomic mass is 10.1. The zero-order valence-electron chi connectivity index (χ0n) is 15.3. The molecule has 0 bridgehead atoms. The largest absolute Gasteiger partial charge is 0.370 e. The molecule has 1 aliphatic heterocycles. The minimum Gasteiger partial charge on any atom is -0.370 e. The first-order valence-electron chi connectivity index (χ1n) is 9.28. The van der Waals surface area contributed by atoms with E-state index in [1.54, 1.807) is 19.3 Å². The van der Waals surface area contributed by atoms with Gasteiger partial charge in [-0.2, -0.15) is 5.10 Å². The molecule has 0 radical (unpaired) electrons. The maximum Gasteiger partial charge on any atom is 0.268 e. The summed E-state index contributed by atoms with van der Waals surface area (Å²) in [4.78, 5) is 28.3. The summed E-state index contributed by atoms with van der Waals surface area (Å²) in [6, 6.07) is 2.20. The summed E-state index contributed by atoms with van der Waals surface area (Å²) in [6.07, 6.45) is 7.75. The summed E-state index contributed by atoms with van der Waals surface area (Å²) < 4.78 is 1.33. The van der Waals surface area contributed by atoms with Crippen LogP contribution in [0.25, 0.3) is 0 Å². The lowest BCUT2D eigenvalue weighted by molar-refractivity contribution is -0.122. The number of aromatic nitrogens is 2. The zero-order valence-corrected chi connectivity index (χ0v) is 15.3. The molecule has 7 nitrogen and oxygen atoms in total. The number of carbonyl (C=O) groups is 1. The van der Waals surface area contributed by atoms with E-state index in [1.165, 1.54) is 30.4 Å². The molecular formula is C18H29N5O2. The van der Waals surface area contributed by atoms with E-state index < -0.39 is 0 Å². The zero-order chi connectivity index (χ0) is 17.8. The number of nitrogens with zero attached hydrogens (tertiary/aromatic N) is 4. The van der Waals surface area contributed by atoms with Crippen LogP contribution in [0, 0.1) is 5.92 Å². The van der Waals surface area contributed by atoms with Crippen molar-refractivity contribution in [2.45, 2.75) is 38.1 Å². The van der Waals surface area contributed by atoms with E-state index in [4.69, 9.17) is 0 Å². The van der Waals surface area contributed by atoms with Crippen molar-refractivity contribution in [3.05, 3.63) is 22.6 Å². The first kappa shape index (κ1) is 17.9. The van der Waals surface area contributed by atoms with Crippen LogP contribution in [0.15, 0.2) is 17.1 Å². The van der Waals surface area contributed by atoms with Crippen LogP contribution in [0.5, 0.6) is 0 Å². The minimum absolute atomic E-state index is 0.0933. The Bertz CT molecular complexity index is 653. The van der Waals surface area contributed by atoms with Gasteiger partial charge in [0.15, 0.2) is 0 Å². The molecule has 25 heavy (non-hydrogen) atoms. The number of amides is 1. The van der Waals surface area contributed by atoms with Gasteiger partial charge in [0.05, 0.1) is 18.4 Å². The topological polar surface area (TPSA) is 70.5 Å². The van der Waals surface area contributed by atoms with E-state index in [2.05, 4.69) is 27.3 Å². The maximum absolute atomic E-state index is 12.2. The summed E-state index contributed by atoms with van der Waals surface area (Å²) in [6.45, 7) is 2.94. The van der Waals surface area contributed by atoms with Gasteiger partial charge in [0.25, 0.3) is 5.56 Å². The van der Waals surface area contributed by atoms with Gasteiger partial charge in [-0.15, -0.1) is 0 Å². The Morgan fingerprint density at radius 3 is 2.84 bits per heavy atom. The third-order valence-corrected chi connectivity index (χ3v) is 5.53. The van der Waals surface area contributed by atoms with Gasteiger partial charge in [-0.1, -0.05) is 12.8 Å². The number of nitrogens with one attached hydrogen (secondary N) is 1. The van der Waals surface area contributed by atoms with Crippen LogP contribution in [-0.4, -0.2) is 59.9 Å². The van der Waals surface area contributed by atoms with Crippen molar-refractivity contribution < 1.29 is 4.79 Å². The van der Waals surface area contributed by atoms with E-state index in [1.807, 2.05) is 0 Å². The van der Waals surface area contributed by atoms with E-state index in [0.29, 0.717) is 25.0 Å². The van der Waals surface area contributed by atoms with E-state index >= 15 is 0 Å². The number of carbonyl (C=O) groups excluding carboxylic acids is 1. The van der Waals surface area contributed by atoms with Gasteiger partial charge in [-0.05, 0) is 32.2 Å². The van der Waals surface area contributed by atoms with Gasteiger partial charge >= 0.3 is 0 Å². The second kappa shape index (κ2) is 7.99. The van der Waals surface area contributed by atoms with Crippen molar-refractivity contribution in [3.8, 4) is 0 Å². The fourth-order valence-corrected chi connectivity index (χ4v) is 3.88. The molecule has 1 aromatic rings. The molecule has 1 saturated heterocycles. The molecule has 1 aromatic heterocycles. The highest BCUT2D eigenvalue weighted by Gasteiger charge is 2.25. The molecule has 1 saturated carbocycles. The Kier molecular flexibility index (Phi) is 5.73. The SMILES string of the molecule is CN(CC(=O)NC[C@H]1CCN(c2cnn(C)c(=O)c2)C1)C1CCCC1. The lowest BCUT2D eigenvalue weighted by Crippen LogP contribution is -2.41. The number of anilines is 1. The van der Waals surface area contributed by atoms with Gasteiger partial charge in [0, 0.05) is 38.8 Å². The smallest absolute Gasteiger partial charge is 0.268 e. The molecule has 1 atom stereocenters. The fraction of sp³-hybridized carbons (Fsp3) is 0.722. The molecule has 1 N–H and O–H groups in total. The van der Waals surface area contributed by atoms with Crippen molar-refractivity contribution in [1.29, 1.82) is 0 Å². The highest BCUT2D eigenvalue weighted by molar-refractivity contribution is 5.78. The molecule has 2 fully saturated rings. The molecule has 0 spiro atoms. The third-order valence-electron chi connectivity index (χ3n) is 5.53. The monoisotopic (exact) mass is 347 g/mol. The lowest BCUT2D eigenvalue weighted by Gasteiger charge is -2.23. The first-order chi connectivity index (χ1) is 12.0. The molecule has 2 aliphatic rings.